The predicted octanol–water partition coefficient (Wildman–Crippen LogP) is 10.1. The summed E-state index contributed by atoms with van der Waals surface area (Å²) >= 11 is 0. The van der Waals surface area contributed by atoms with E-state index in [0.29, 0.717) is 6.42 Å². The lowest BCUT2D eigenvalue weighted by Crippen LogP contribution is -2.64. The monoisotopic (exact) mass is 894 g/mol. The highest BCUT2D eigenvalue weighted by molar-refractivity contribution is 7.47. The average molecular weight is 894 g/mol. The Morgan fingerprint density at radius 2 is 1.16 bits per heavy atom. The van der Waals surface area contributed by atoms with Gasteiger partial charge in [0, 0.05) is 13.0 Å². The van der Waals surface area contributed by atoms with Crippen LogP contribution in [0, 0.1) is 0 Å². The minimum Gasteiger partial charge on any atom is -0.498 e. The van der Waals surface area contributed by atoms with E-state index >= 15 is 0 Å². The third-order valence-electron chi connectivity index (χ3n) is 11.5. The molecule has 0 spiro atoms. The van der Waals surface area contributed by atoms with Gasteiger partial charge in [-0.15, -0.1) is 0 Å². The summed E-state index contributed by atoms with van der Waals surface area (Å²) in [4.78, 5) is 23.1. The van der Waals surface area contributed by atoms with Crippen molar-refractivity contribution in [3.05, 3.63) is 12.3 Å². The van der Waals surface area contributed by atoms with Gasteiger partial charge in [0.15, 0.2) is 6.10 Å². The molecule has 0 bridgehead atoms. The van der Waals surface area contributed by atoms with Crippen LogP contribution in [-0.2, 0) is 32.6 Å². The summed E-state index contributed by atoms with van der Waals surface area (Å²) < 4.78 is 39.2. The van der Waals surface area contributed by atoms with E-state index in [1.807, 2.05) is 6.08 Å². The van der Waals surface area contributed by atoms with Crippen LogP contribution in [0.4, 0.5) is 0 Å². The molecule has 0 aromatic rings. The van der Waals surface area contributed by atoms with E-state index in [1.165, 1.54) is 154 Å². The normalized spacial score (nSPS) is 20.9. The summed E-state index contributed by atoms with van der Waals surface area (Å²) in [6, 6.07) is 0. The summed E-state index contributed by atoms with van der Waals surface area (Å²) in [5.74, 6) is -2.58. The second-order valence-corrected chi connectivity index (χ2v) is 18.8. The molecule has 1 rings (SSSR count). The minimum atomic E-state index is -4.56. The van der Waals surface area contributed by atoms with E-state index in [9.17, 15) is 34.7 Å². The predicted molar refractivity (Wildman–Crippen MR) is 243 cm³/mol. The van der Waals surface area contributed by atoms with Crippen molar-refractivity contribution in [1.29, 1.82) is 0 Å². The van der Waals surface area contributed by atoms with Crippen molar-refractivity contribution in [2.45, 2.75) is 243 Å². The van der Waals surface area contributed by atoms with Gasteiger partial charge in [0.05, 0.1) is 32.6 Å². The highest BCUT2D eigenvalue weighted by atomic mass is 31.2. The first-order valence-electron chi connectivity index (χ1n) is 24.7. The van der Waals surface area contributed by atoms with E-state index < -0.39 is 50.6 Å². The van der Waals surface area contributed by atoms with Gasteiger partial charge >= 0.3 is 13.8 Å². The number of aliphatic hydroxyl groups is 4. The fourth-order valence-corrected chi connectivity index (χ4v) is 8.27. The smallest absolute Gasteiger partial charge is 0.472 e. The number of allylic oxidation sites excluding steroid dienone is 1. The molecule has 1 aliphatic heterocycles. The zero-order chi connectivity index (χ0) is 44.7. The van der Waals surface area contributed by atoms with Gasteiger partial charge in [-0.3, -0.25) is 13.8 Å². The molecule has 0 radical (unpaired) electrons. The molecule has 0 aromatic heterocycles. The van der Waals surface area contributed by atoms with Gasteiger partial charge in [-0.25, -0.2) is 4.57 Å². The van der Waals surface area contributed by atoms with Gasteiger partial charge in [0.1, 0.15) is 24.9 Å². The molecular formula is C47H92NO12P. The number of esters is 1. The summed E-state index contributed by atoms with van der Waals surface area (Å²) in [6.07, 6.45) is 35.8. The third-order valence-corrected chi connectivity index (χ3v) is 12.5. The first kappa shape index (κ1) is 57.9. The van der Waals surface area contributed by atoms with Crippen molar-refractivity contribution in [2.75, 3.05) is 39.5 Å². The molecule has 0 saturated carbocycles. The molecule has 1 unspecified atom stereocenters. The number of carbonyl (C=O) groups is 1. The molecule has 0 amide bonds. The Morgan fingerprint density at radius 1 is 0.705 bits per heavy atom. The van der Waals surface area contributed by atoms with E-state index in [1.54, 1.807) is 6.26 Å². The molecule has 1 aliphatic rings. The van der Waals surface area contributed by atoms with E-state index in [4.69, 9.17) is 23.3 Å². The second-order valence-electron chi connectivity index (χ2n) is 17.3. The molecule has 6 N–H and O–H groups in total. The highest BCUT2D eigenvalue weighted by Gasteiger charge is 2.48. The van der Waals surface area contributed by atoms with Crippen molar-refractivity contribution in [3.63, 3.8) is 0 Å². The van der Waals surface area contributed by atoms with Crippen molar-refractivity contribution in [2.24, 2.45) is 0 Å². The molecule has 14 heteroatoms. The molecule has 362 valence electrons. The summed E-state index contributed by atoms with van der Waals surface area (Å²) in [5, 5.41) is 42.7. The van der Waals surface area contributed by atoms with Gasteiger partial charge in [0.2, 0.25) is 5.79 Å². The minimum absolute atomic E-state index is 0.0458. The number of phosphoric acid groups is 1. The second kappa shape index (κ2) is 39.3. The van der Waals surface area contributed by atoms with Crippen LogP contribution in [-0.4, -0.2) is 101 Å². The summed E-state index contributed by atoms with van der Waals surface area (Å²) in [6.45, 7) is 2.96. The molecule has 1 heterocycles. The number of unbranched alkanes of at least 4 members (excludes halogenated alkanes) is 28. The van der Waals surface area contributed by atoms with Crippen LogP contribution >= 0.6 is 7.82 Å². The molecule has 6 atom stereocenters. The van der Waals surface area contributed by atoms with Crippen LogP contribution < -0.4 is 5.32 Å². The Morgan fingerprint density at radius 3 is 1.66 bits per heavy atom. The first-order chi connectivity index (χ1) is 29.5. The Labute approximate surface area is 371 Å². The number of carbonyl (C=O) groups excluding carboxylic acids is 1. The average Bonchev–Trinajstić information content (AvgIpc) is 3.24. The van der Waals surface area contributed by atoms with Crippen molar-refractivity contribution in [1.82, 2.24) is 5.32 Å². The van der Waals surface area contributed by atoms with Crippen LogP contribution in [0.5, 0.6) is 0 Å². The third kappa shape index (κ3) is 33.1. The van der Waals surface area contributed by atoms with Gasteiger partial charge < -0.3 is 44.8 Å². The Bertz CT molecular complexity index is 1090. The lowest BCUT2D eigenvalue weighted by molar-refractivity contribution is -0.317. The molecule has 1 fully saturated rings. The fraction of sp³-hybridized carbons (Fsp3) is 0.936. The number of phosphoric ester groups is 1. The first-order valence-corrected chi connectivity index (χ1v) is 26.2. The van der Waals surface area contributed by atoms with Crippen LogP contribution in [0.15, 0.2) is 12.3 Å². The van der Waals surface area contributed by atoms with E-state index in [0.717, 1.165) is 32.1 Å². The quantitative estimate of drug-likeness (QED) is 0.0147. The Balaban J connectivity index is 2.36. The van der Waals surface area contributed by atoms with Gasteiger partial charge in [-0.1, -0.05) is 187 Å². The zero-order valence-electron chi connectivity index (χ0n) is 38.7. The maximum Gasteiger partial charge on any atom is 0.472 e. The standard InChI is InChI=1S/C47H92NO12P/c1-3-5-7-9-11-13-15-17-19-21-23-25-27-29-31-33-36-56-38-42(60-44(50)34-32-30-28-26-24-22-20-18-16-14-12-10-8-6-4-2)39-59-61(54,55)58-37-35-48-41-47(53)46(52)45(51)43(49)40-57-47/h33,36,42-43,45-46,48-49,51-53H,3-32,34-35,37-41H2,1-2H3,(H,54,55)/b36-33-/t42-,43-,45-,46+,47-/m1/s1. The number of hydrogen-bond donors (Lipinski definition) is 6. The Hall–Kier alpha value is -1.12. The van der Waals surface area contributed by atoms with Crippen molar-refractivity contribution < 1.29 is 57.9 Å². The highest BCUT2D eigenvalue weighted by Crippen LogP contribution is 2.43. The largest absolute Gasteiger partial charge is 0.498 e. The molecule has 1 saturated heterocycles. The summed E-state index contributed by atoms with van der Waals surface area (Å²) in [5.41, 5.74) is 0. The Kier molecular flexibility index (Phi) is 37.3. The van der Waals surface area contributed by atoms with Crippen LogP contribution in [0.2, 0.25) is 0 Å². The number of hydrogen-bond acceptors (Lipinski definition) is 12. The number of aliphatic hydroxyl groups excluding tert-OH is 3. The van der Waals surface area contributed by atoms with E-state index in [-0.39, 0.29) is 39.3 Å². The lowest BCUT2D eigenvalue weighted by atomic mass is 9.97. The van der Waals surface area contributed by atoms with Crippen LogP contribution in [0.1, 0.15) is 213 Å². The maximum atomic E-state index is 12.8. The fourth-order valence-electron chi connectivity index (χ4n) is 7.52. The van der Waals surface area contributed by atoms with Gasteiger partial charge in [0.25, 0.3) is 0 Å². The maximum absolute atomic E-state index is 12.8. The van der Waals surface area contributed by atoms with E-state index in [2.05, 4.69) is 19.2 Å². The lowest BCUT2D eigenvalue weighted by Gasteiger charge is -2.41. The number of nitrogens with one attached hydrogen (secondary N) is 1. The van der Waals surface area contributed by atoms with Crippen molar-refractivity contribution in [3.8, 4) is 0 Å². The summed E-state index contributed by atoms with van der Waals surface area (Å²) in [7, 11) is -4.56. The number of rotatable bonds is 44. The number of ether oxygens (including phenoxy) is 3. The van der Waals surface area contributed by atoms with Gasteiger partial charge in [-0.05, 0) is 25.3 Å². The SMILES string of the molecule is CCCCCCCCCCCCCCCC/C=C\OC[C@H](COP(=O)(O)OCCNC[C@@]1(O)OC[C@@H](O)[C@@H](O)[C@@H]1O)OC(=O)CCCCCCCCCCCCCCCCC. The van der Waals surface area contributed by atoms with Crippen LogP contribution in [0.3, 0.4) is 0 Å². The van der Waals surface area contributed by atoms with Crippen molar-refractivity contribution >= 4 is 13.8 Å². The van der Waals surface area contributed by atoms with Crippen LogP contribution in [0.25, 0.3) is 0 Å². The molecular weight excluding hydrogens is 801 g/mol. The molecule has 13 nitrogen and oxygen atoms in total. The molecule has 0 aliphatic carbocycles. The molecule has 0 aromatic carbocycles. The topological polar surface area (TPSA) is 193 Å². The molecule has 61 heavy (non-hydrogen) atoms. The van der Waals surface area contributed by atoms with Gasteiger partial charge in [-0.2, -0.15) is 0 Å². The zero-order valence-corrected chi connectivity index (χ0v) is 39.6.